The molecule has 0 fully saturated rings. The first-order valence-corrected chi connectivity index (χ1v) is 7.99. The molecule has 2 aromatic carbocycles. The second-order valence-electron chi connectivity index (χ2n) is 5.41. The van der Waals surface area contributed by atoms with Gasteiger partial charge in [0, 0.05) is 22.2 Å². The van der Waals surface area contributed by atoms with E-state index in [-0.39, 0.29) is 0 Å². The lowest BCUT2D eigenvalue weighted by atomic mass is 9.94. The molecule has 0 amide bonds. The third-order valence-electron chi connectivity index (χ3n) is 4.20. The summed E-state index contributed by atoms with van der Waals surface area (Å²) in [5.74, 6) is 0. The van der Waals surface area contributed by atoms with Gasteiger partial charge in [-0.3, -0.25) is 0 Å². The molecular weight excluding hydrogens is 274 g/mol. The standard InChI is InChI=1S/C19H16NS/c1-13-14-7-3-4-8-15(14)19-16(10-12-21-19)18(13)17-9-5-6-11-20(17)2/h3-12H,1-2H3/q+1. The Kier molecular flexibility index (Phi) is 2.79. The van der Waals surface area contributed by atoms with Crippen molar-refractivity contribution in [3.8, 4) is 11.3 Å². The van der Waals surface area contributed by atoms with Crippen molar-refractivity contribution in [1.82, 2.24) is 0 Å². The van der Waals surface area contributed by atoms with Crippen LogP contribution in [0.5, 0.6) is 0 Å². The van der Waals surface area contributed by atoms with Crippen LogP contribution in [-0.4, -0.2) is 0 Å². The van der Waals surface area contributed by atoms with Crippen molar-refractivity contribution >= 4 is 32.2 Å². The lowest BCUT2D eigenvalue weighted by molar-refractivity contribution is -0.660. The number of aromatic nitrogens is 1. The Balaban J connectivity index is 2.24. The normalized spacial score (nSPS) is 11.3. The fraction of sp³-hybridized carbons (Fsp3) is 0.105. The summed E-state index contributed by atoms with van der Waals surface area (Å²) in [6, 6.07) is 17.4. The topological polar surface area (TPSA) is 3.88 Å². The second-order valence-corrected chi connectivity index (χ2v) is 6.32. The largest absolute Gasteiger partial charge is 0.213 e. The van der Waals surface area contributed by atoms with Crippen molar-refractivity contribution in [2.24, 2.45) is 7.05 Å². The molecule has 2 heteroatoms. The molecular formula is C19H16NS+. The molecule has 0 unspecified atom stereocenters. The van der Waals surface area contributed by atoms with Crippen molar-refractivity contribution < 1.29 is 4.57 Å². The van der Waals surface area contributed by atoms with Gasteiger partial charge in [-0.2, -0.15) is 0 Å². The molecule has 0 radical (unpaired) electrons. The predicted octanol–water partition coefficient (Wildman–Crippen LogP) is 4.85. The Morgan fingerprint density at radius 1 is 0.857 bits per heavy atom. The van der Waals surface area contributed by atoms with Crippen LogP contribution in [0.2, 0.25) is 0 Å². The van der Waals surface area contributed by atoms with E-state index in [2.05, 4.69) is 78.6 Å². The van der Waals surface area contributed by atoms with Crippen molar-refractivity contribution in [2.75, 3.05) is 0 Å². The summed E-state index contributed by atoms with van der Waals surface area (Å²) in [6.07, 6.45) is 2.11. The zero-order valence-corrected chi connectivity index (χ0v) is 12.9. The van der Waals surface area contributed by atoms with Crippen LogP contribution in [0.4, 0.5) is 0 Å². The minimum absolute atomic E-state index is 1.27. The monoisotopic (exact) mass is 290 g/mol. The maximum atomic E-state index is 2.25. The summed E-state index contributed by atoms with van der Waals surface area (Å²) in [6.45, 7) is 2.24. The first-order valence-electron chi connectivity index (χ1n) is 7.11. The van der Waals surface area contributed by atoms with Crippen LogP contribution >= 0.6 is 11.3 Å². The van der Waals surface area contributed by atoms with E-state index in [1.54, 1.807) is 0 Å². The van der Waals surface area contributed by atoms with E-state index in [0.29, 0.717) is 0 Å². The zero-order chi connectivity index (χ0) is 14.4. The zero-order valence-electron chi connectivity index (χ0n) is 12.1. The summed E-state index contributed by atoms with van der Waals surface area (Å²) in [7, 11) is 2.11. The third kappa shape index (κ3) is 1.79. The molecule has 2 heterocycles. The smallest absolute Gasteiger partial charge is 0.201 e. The maximum Gasteiger partial charge on any atom is 0.213 e. The predicted molar refractivity (Wildman–Crippen MR) is 90.7 cm³/mol. The summed E-state index contributed by atoms with van der Waals surface area (Å²) in [5, 5.41) is 6.27. The molecule has 0 aliphatic rings. The molecule has 0 aliphatic heterocycles. The molecule has 0 saturated heterocycles. The van der Waals surface area contributed by atoms with E-state index in [9.17, 15) is 0 Å². The minimum atomic E-state index is 1.27. The van der Waals surface area contributed by atoms with E-state index in [0.717, 1.165) is 0 Å². The Labute approximate surface area is 128 Å². The van der Waals surface area contributed by atoms with Crippen LogP contribution < -0.4 is 4.57 Å². The summed E-state index contributed by atoms with van der Waals surface area (Å²) in [4.78, 5) is 0. The van der Waals surface area contributed by atoms with Gasteiger partial charge in [-0.15, -0.1) is 11.3 Å². The van der Waals surface area contributed by atoms with Gasteiger partial charge in [0.1, 0.15) is 7.05 Å². The molecule has 102 valence electrons. The Bertz CT molecular complexity index is 966. The van der Waals surface area contributed by atoms with Gasteiger partial charge in [-0.25, -0.2) is 4.57 Å². The van der Waals surface area contributed by atoms with Gasteiger partial charge < -0.3 is 0 Å². The summed E-state index contributed by atoms with van der Waals surface area (Å²) >= 11 is 1.83. The highest BCUT2D eigenvalue weighted by molar-refractivity contribution is 7.18. The van der Waals surface area contributed by atoms with Crippen molar-refractivity contribution in [3.63, 3.8) is 0 Å². The minimum Gasteiger partial charge on any atom is -0.201 e. The summed E-state index contributed by atoms with van der Waals surface area (Å²) in [5.41, 5.74) is 3.98. The second kappa shape index (κ2) is 4.68. The van der Waals surface area contributed by atoms with Crippen LogP contribution in [-0.2, 0) is 7.05 Å². The molecule has 0 spiro atoms. The number of fused-ring (bicyclic) bond motifs is 3. The summed E-state index contributed by atoms with van der Waals surface area (Å²) < 4.78 is 3.59. The third-order valence-corrected chi connectivity index (χ3v) is 5.14. The molecule has 0 bridgehead atoms. The molecule has 0 atom stereocenters. The quantitative estimate of drug-likeness (QED) is 0.441. The van der Waals surface area contributed by atoms with Crippen LogP contribution in [0.25, 0.3) is 32.1 Å². The van der Waals surface area contributed by atoms with Gasteiger partial charge in [-0.1, -0.05) is 24.3 Å². The van der Waals surface area contributed by atoms with E-state index in [1.165, 1.54) is 37.7 Å². The van der Waals surface area contributed by atoms with Crippen LogP contribution in [0.15, 0.2) is 60.1 Å². The van der Waals surface area contributed by atoms with E-state index in [1.807, 2.05) is 11.3 Å². The highest BCUT2D eigenvalue weighted by atomic mass is 32.1. The fourth-order valence-electron chi connectivity index (χ4n) is 3.17. The Morgan fingerprint density at radius 2 is 1.62 bits per heavy atom. The molecule has 0 aliphatic carbocycles. The van der Waals surface area contributed by atoms with E-state index >= 15 is 0 Å². The highest BCUT2D eigenvalue weighted by Crippen LogP contribution is 2.39. The first kappa shape index (κ1) is 12.5. The van der Waals surface area contributed by atoms with Crippen molar-refractivity contribution in [3.05, 3.63) is 65.7 Å². The fourth-order valence-corrected chi connectivity index (χ4v) is 4.11. The van der Waals surface area contributed by atoms with E-state index < -0.39 is 0 Å². The molecule has 1 nitrogen and oxygen atoms in total. The number of thiophene rings is 1. The number of rotatable bonds is 1. The van der Waals surface area contributed by atoms with Crippen LogP contribution in [0.1, 0.15) is 5.56 Å². The average molecular weight is 290 g/mol. The Morgan fingerprint density at radius 3 is 2.43 bits per heavy atom. The van der Waals surface area contributed by atoms with Crippen LogP contribution in [0.3, 0.4) is 0 Å². The van der Waals surface area contributed by atoms with Gasteiger partial charge in [0.2, 0.25) is 5.69 Å². The first-order chi connectivity index (χ1) is 10.3. The van der Waals surface area contributed by atoms with Gasteiger partial charge in [0.05, 0.1) is 5.56 Å². The maximum absolute atomic E-state index is 2.25. The molecule has 0 saturated carbocycles. The number of benzene rings is 2. The van der Waals surface area contributed by atoms with Gasteiger partial charge in [0.15, 0.2) is 6.20 Å². The molecule has 4 rings (SSSR count). The molecule has 4 aromatic rings. The Hall–Kier alpha value is -2.19. The number of nitrogens with zero attached hydrogens (tertiary/aromatic N) is 1. The van der Waals surface area contributed by atoms with Gasteiger partial charge in [-0.05, 0) is 40.8 Å². The van der Waals surface area contributed by atoms with Crippen LogP contribution in [0, 0.1) is 6.92 Å². The molecule has 21 heavy (non-hydrogen) atoms. The average Bonchev–Trinajstić information content (AvgIpc) is 2.99. The number of hydrogen-bond donors (Lipinski definition) is 0. The number of aryl methyl sites for hydroxylation is 2. The lowest BCUT2D eigenvalue weighted by Gasteiger charge is -2.11. The van der Waals surface area contributed by atoms with E-state index in [4.69, 9.17) is 0 Å². The highest BCUT2D eigenvalue weighted by Gasteiger charge is 2.19. The SMILES string of the molecule is Cc1c(-c2cccc[n+]2C)c2ccsc2c2ccccc12. The molecule has 0 N–H and O–H groups in total. The van der Waals surface area contributed by atoms with Crippen molar-refractivity contribution in [1.29, 1.82) is 0 Å². The number of hydrogen-bond acceptors (Lipinski definition) is 1. The van der Waals surface area contributed by atoms with Crippen molar-refractivity contribution in [2.45, 2.75) is 6.92 Å². The lowest BCUT2D eigenvalue weighted by Crippen LogP contribution is -2.30. The van der Waals surface area contributed by atoms with Gasteiger partial charge >= 0.3 is 0 Å². The van der Waals surface area contributed by atoms with Gasteiger partial charge in [0.25, 0.3) is 0 Å². The molecule has 2 aromatic heterocycles. The number of pyridine rings is 1.